The molecule has 0 aliphatic rings. The van der Waals surface area contributed by atoms with Crippen LogP contribution < -0.4 is 14.8 Å². The van der Waals surface area contributed by atoms with Gasteiger partial charge in [-0.15, -0.1) is 0 Å². The number of amides is 1. The molecular formula is C19H21N3O3. The lowest BCUT2D eigenvalue weighted by atomic mass is 10.2. The van der Waals surface area contributed by atoms with E-state index in [9.17, 15) is 4.79 Å². The topological polar surface area (TPSA) is 64.9 Å². The van der Waals surface area contributed by atoms with Gasteiger partial charge in [0.2, 0.25) is 0 Å². The lowest BCUT2D eigenvalue weighted by molar-refractivity contribution is 0.0944. The summed E-state index contributed by atoms with van der Waals surface area (Å²) in [5.74, 6) is 1.22. The summed E-state index contributed by atoms with van der Waals surface area (Å²) in [4.78, 5) is 17.2. The molecule has 0 fully saturated rings. The molecule has 0 aliphatic carbocycles. The van der Waals surface area contributed by atoms with Crippen LogP contribution in [0.5, 0.6) is 11.5 Å². The molecule has 6 nitrogen and oxygen atoms in total. The van der Waals surface area contributed by atoms with E-state index in [1.807, 2.05) is 56.4 Å². The Morgan fingerprint density at radius 1 is 1.20 bits per heavy atom. The molecule has 0 spiro atoms. The largest absolute Gasteiger partial charge is 0.496 e. The van der Waals surface area contributed by atoms with Crippen LogP contribution in [0, 0.1) is 6.92 Å². The molecule has 0 atom stereocenters. The number of aromatic nitrogens is 2. The van der Waals surface area contributed by atoms with Gasteiger partial charge in [0, 0.05) is 18.3 Å². The lowest BCUT2D eigenvalue weighted by Crippen LogP contribution is -2.25. The first-order valence-corrected chi connectivity index (χ1v) is 8.16. The first-order valence-electron chi connectivity index (χ1n) is 8.16. The van der Waals surface area contributed by atoms with Crippen LogP contribution in [0.2, 0.25) is 0 Å². The number of imidazole rings is 1. The fourth-order valence-corrected chi connectivity index (χ4v) is 2.81. The number of para-hydroxylation sites is 1. The highest BCUT2D eigenvalue weighted by atomic mass is 16.5. The third-order valence-corrected chi connectivity index (χ3v) is 3.94. The quantitative estimate of drug-likeness (QED) is 0.750. The number of carbonyl (C=O) groups excluding carboxylic acids is 1. The van der Waals surface area contributed by atoms with E-state index >= 15 is 0 Å². The van der Waals surface area contributed by atoms with Crippen molar-refractivity contribution in [3.05, 3.63) is 59.5 Å². The molecule has 1 amide bonds. The standard InChI is InChI=1S/C19H21N3O3/c1-4-25-16-10-7-11-22-17(13(2)21-18(16)22)19(23)20-12-14-8-5-6-9-15(14)24-3/h5-11H,4,12H2,1-3H3,(H,20,23). The van der Waals surface area contributed by atoms with Crippen molar-refractivity contribution < 1.29 is 14.3 Å². The monoisotopic (exact) mass is 339 g/mol. The number of nitrogens with zero attached hydrogens (tertiary/aromatic N) is 2. The number of ether oxygens (including phenoxy) is 2. The third-order valence-electron chi connectivity index (χ3n) is 3.94. The molecule has 0 saturated carbocycles. The van der Waals surface area contributed by atoms with Crippen molar-refractivity contribution >= 4 is 11.6 Å². The zero-order valence-electron chi connectivity index (χ0n) is 14.6. The van der Waals surface area contributed by atoms with E-state index in [4.69, 9.17) is 9.47 Å². The van der Waals surface area contributed by atoms with Crippen LogP contribution in [0.4, 0.5) is 0 Å². The Hall–Kier alpha value is -3.02. The number of fused-ring (bicyclic) bond motifs is 1. The molecule has 130 valence electrons. The van der Waals surface area contributed by atoms with Gasteiger partial charge in [-0.1, -0.05) is 18.2 Å². The van der Waals surface area contributed by atoms with Crippen molar-refractivity contribution in [1.82, 2.24) is 14.7 Å². The van der Waals surface area contributed by atoms with E-state index in [-0.39, 0.29) is 5.91 Å². The van der Waals surface area contributed by atoms with Crippen molar-refractivity contribution in [2.24, 2.45) is 0 Å². The molecule has 6 heteroatoms. The van der Waals surface area contributed by atoms with Crippen LogP contribution in [0.25, 0.3) is 5.65 Å². The minimum Gasteiger partial charge on any atom is -0.496 e. The number of benzene rings is 1. The van der Waals surface area contributed by atoms with Gasteiger partial charge in [0.15, 0.2) is 11.4 Å². The summed E-state index contributed by atoms with van der Waals surface area (Å²) in [6.45, 7) is 4.66. The van der Waals surface area contributed by atoms with Gasteiger partial charge < -0.3 is 14.8 Å². The van der Waals surface area contributed by atoms with Crippen LogP contribution in [0.15, 0.2) is 42.6 Å². The van der Waals surface area contributed by atoms with Gasteiger partial charge in [0.05, 0.1) is 19.4 Å². The van der Waals surface area contributed by atoms with Crippen molar-refractivity contribution in [2.75, 3.05) is 13.7 Å². The number of pyridine rings is 1. The average Bonchev–Trinajstić information content (AvgIpc) is 2.97. The fraction of sp³-hybridized carbons (Fsp3) is 0.263. The van der Waals surface area contributed by atoms with Crippen molar-refractivity contribution in [3.8, 4) is 11.5 Å². The second-order valence-electron chi connectivity index (χ2n) is 5.54. The van der Waals surface area contributed by atoms with Crippen molar-refractivity contribution in [2.45, 2.75) is 20.4 Å². The SMILES string of the molecule is CCOc1cccn2c(C(=O)NCc3ccccc3OC)c(C)nc12. The summed E-state index contributed by atoms with van der Waals surface area (Å²) in [6.07, 6.45) is 1.82. The summed E-state index contributed by atoms with van der Waals surface area (Å²) < 4.78 is 12.7. The van der Waals surface area contributed by atoms with Crippen molar-refractivity contribution in [1.29, 1.82) is 0 Å². The third kappa shape index (κ3) is 3.28. The highest BCUT2D eigenvalue weighted by molar-refractivity contribution is 5.95. The van der Waals surface area contributed by atoms with E-state index in [0.29, 0.717) is 35.9 Å². The van der Waals surface area contributed by atoms with Gasteiger partial charge in [-0.2, -0.15) is 0 Å². The summed E-state index contributed by atoms with van der Waals surface area (Å²) >= 11 is 0. The smallest absolute Gasteiger partial charge is 0.270 e. The maximum absolute atomic E-state index is 12.7. The molecule has 2 heterocycles. The molecular weight excluding hydrogens is 318 g/mol. The van der Waals surface area contributed by atoms with Crippen LogP contribution in [-0.4, -0.2) is 29.0 Å². The Morgan fingerprint density at radius 3 is 2.72 bits per heavy atom. The van der Waals surface area contributed by atoms with E-state index in [0.717, 1.165) is 11.3 Å². The van der Waals surface area contributed by atoms with E-state index in [1.165, 1.54) is 0 Å². The second kappa shape index (κ2) is 7.25. The Kier molecular flexibility index (Phi) is 4.88. The zero-order chi connectivity index (χ0) is 17.8. The number of nitrogens with one attached hydrogen (secondary N) is 1. The normalized spacial score (nSPS) is 10.7. The molecule has 0 bridgehead atoms. The van der Waals surface area contributed by atoms with Gasteiger partial charge in [-0.3, -0.25) is 9.20 Å². The van der Waals surface area contributed by atoms with E-state index < -0.39 is 0 Å². The lowest BCUT2D eigenvalue weighted by Gasteiger charge is -2.10. The van der Waals surface area contributed by atoms with Crippen LogP contribution >= 0.6 is 0 Å². The summed E-state index contributed by atoms with van der Waals surface area (Å²) in [7, 11) is 1.62. The van der Waals surface area contributed by atoms with Gasteiger partial charge in [-0.05, 0) is 32.0 Å². The predicted molar refractivity (Wildman–Crippen MR) is 95.3 cm³/mol. The number of aryl methyl sites for hydroxylation is 1. The van der Waals surface area contributed by atoms with Gasteiger partial charge in [-0.25, -0.2) is 4.98 Å². The zero-order valence-corrected chi connectivity index (χ0v) is 14.6. The number of rotatable bonds is 6. The molecule has 2 aromatic heterocycles. The molecule has 1 aromatic carbocycles. The molecule has 1 N–H and O–H groups in total. The fourth-order valence-electron chi connectivity index (χ4n) is 2.81. The van der Waals surface area contributed by atoms with Gasteiger partial charge in [0.1, 0.15) is 11.4 Å². The molecule has 3 rings (SSSR count). The summed E-state index contributed by atoms with van der Waals surface area (Å²) in [5, 5.41) is 2.94. The Balaban J connectivity index is 1.87. The van der Waals surface area contributed by atoms with E-state index in [2.05, 4.69) is 10.3 Å². The Bertz CT molecular complexity index is 902. The summed E-state index contributed by atoms with van der Waals surface area (Å²) in [5.41, 5.74) is 2.72. The number of hydrogen-bond donors (Lipinski definition) is 1. The van der Waals surface area contributed by atoms with Crippen LogP contribution in [0.1, 0.15) is 28.7 Å². The summed E-state index contributed by atoms with van der Waals surface area (Å²) in [6, 6.07) is 11.3. The van der Waals surface area contributed by atoms with Gasteiger partial charge in [0.25, 0.3) is 5.91 Å². The van der Waals surface area contributed by atoms with Crippen LogP contribution in [0.3, 0.4) is 0 Å². The van der Waals surface area contributed by atoms with Crippen LogP contribution in [-0.2, 0) is 6.54 Å². The maximum atomic E-state index is 12.7. The molecule has 0 unspecified atom stereocenters. The molecule has 0 saturated heterocycles. The van der Waals surface area contributed by atoms with E-state index in [1.54, 1.807) is 11.5 Å². The molecule has 0 aliphatic heterocycles. The maximum Gasteiger partial charge on any atom is 0.270 e. The number of methoxy groups -OCH3 is 1. The molecule has 25 heavy (non-hydrogen) atoms. The van der Waals surface area contributed by atoms with Crippen molar-refractivity contribution in [3.63, 3.8) is 0 Å². The van der Waals surface area contributed by atoms with Gasteiger partial charge >= 0.3 is 0 Å². The predicted octanol–water partition coefficient (Wildman–Crippen LogP) is 2.98. The highest BCUT2D eigenvalue weighted by Gasteiger charge is 2.18. The Labute approximate surface area is 146 Å². The number of hydrogen-bond acceptors (Lipinski definition) is 4. The molecule has 3 aromatic rings. The minimum atomic E-state index is -0.190. The first-order chi connectivity index (χ1) is 12.2. The second-order valence-corrected chi connectivity index (χ2v) is 5.54. The highest BCUT2D eigenvalue weighted by Crippen LogP contribution is 2.22. The minimum absolute atomic E-state index is 0.190. The Morgan fingerprint density at radius 2 is 1.96 bits per heavy atom. The average molecular weight is 339 g/mol. The number of carbonyl (C=O) groups is 1. The molecule has 0 radical (unpaired) electrons. The first kappa shape index (κ1) is 16.8.